The molecule has 1 saturated heterocycles. The van der Waals surface area contributed by atoms with Gasteiger partial charge in [0.25, 0.3) is 0 Å². The maximum atomic E-state index is 9.74. The second-order valence-electron chi connectivity index (χ2n) is 5.91. The molecule has 0 aromatic heterocycles. The maximum Gasteiger partial charge on any atom is 0.114 e. The lowest BCUT2D eigenvalue weighted by Crippen LogP contribution is -2.42. The van der Waals surface area contributed by atoms with Crippen LogP contribution in [0, 0.1) is 0 Å². The van der Waals surface area contributed by atoms with Crippen molar-refractivity contribution in [1.29, 1.82) is 0 Å². The molecule has 0 saturated carbocycles. The molecule has 1 rings (SSSR count). The predicted molar refractivity (Wildman–Crippen MR) is 85.7 cm³/mol. The van der Waals surface area contributed by atoms with Crippen molar-refractivity contribution in [3.8, 4) is 0 Å². The topological polar surface area (TPSA) is 79.2 Å². The number of unbranched alkanes of at least 4 members (excludes halogenated alkanes) is 5. The van der Waals surface area contributed by atoms with Gasteiger partial charge >= 0.3 is 0 Å². The highest BCUT2D eigenvalue weighted by atomic mass is 16.6. The van der Waals surface area contributed by atoms with Gasteiger partial charge in [0.15, 0.2) is 0 Å². The van der Waals surface area contributed by atoms with E-state index >= 15 is 0 Å². The predicted octanol–water partition coefficient (Wildman–Crippen LogP) is 1.79. The normalized spacial score (nSPS) is 26.8. The zero-order chi connectivity index (χ0) is 16.2. The molecular weight excluding hydrogens is 284 g/mol. The third kappa shape index (κ3) is 7.20. The Morgan fingerprint density at radius 1 is 1.14 bits per heavy atom. The number of rotatable bonds is 12. The van der Waals surface area contributed by atoms with Gasteiger partial charge in [-0.15, -0.1) is 0 Å². The van der Waals surface area contributed by atoms with Crippen LogP contribution in [0.3, 0.4) is 0 Å². The zero-order valence-corrected chi connectivity index (χ0v) is 13.7. The summed E-state index contributed by atoms with van der Waals surface area (Å²) in [5.41, 5.74) is 0. The molecule has 130 valence electrons. The van der Waals surface area contributed by atoms with Crippen LogP contribution in [0.4, 0.5) is 0 Å². The Morgan fingerprint density at radius 3 is 2.50 bits per heavy atom. The summed E-state index contributed by atoms with van der Waals surface area (Å²) in [6.07, 6.45) is 9.46. The van der Waals surface area contributed by atoms with Crippen LogP contribution in [-0.4, -0.2) is 59.6 Å². The van der Waals surface area contributed by atoms with E-state index in [-0.39, 0.29) is 13.2 Å². The number of hydrogen-bond donors (Lipinski definition) is 3. The SMILES string of the molecule is CCCCCCC/C=C/CCO[C@@H](CO)[C@H]1OC[C@@H](O)[C@H]1O. The van der Waals surface area contributed by atoms with Gasteiger partial charge in [0, 0.05) is 0 Å². The lowest BCUT2D eigenvalue weighted by atomic mass is 10.1. The first-order valence-corrected chi connectivity index (χ1v) is 8.55. The van der Waals surface area contributed by atoms with Gasteiger partial charge in [-0.3, -0.25) is 0 Å². The van der Waals surface area contributed by atoms with Crippen LogP contribution < -0.4 is 0 Å². The Bertz CT molecular complexity index is 295. The van der Waals surface area contributed by atoms with Crippen molar-refractivity contribution in [3.63, 3.8) is 0 Å². The van der Waals surface area contributed by atoms with Crippen LogP contribution in [0.2, 0.25) is 0 Å². The summed E-state index contributed by atoms with van der Waals surface area (Å²) in [5, 5.41) is 28.5. The first-order valence-electron chi connectivity index (χ1n) is 8.55. The number of ether oxygens (including phenoxy) is 2. The Balaban J connectivity index is 2.07. The highest BCUT2D eigenvalue weighted by molar-refractivity contribution is 4.89. The van der Waals surface area contributed by atoms with Crippen LogP contribution in [0.5, 0.6) is 0 Å². The Morgan fingerprint density at radius 2 is 1.86 bits per heavy atom. The quantitative estimate of drug-likeness (QED) is 0.378. The van der Waals surface area contributed by atoms with Gasteiger partial charge in [0.1, 0.15) is 24.4 Å². The molecule has 3 N–H and O–H groups in total. The Kier molecular flexibility index (Phi) is 10.7. The van der Waals surface area contributed by atoms with Crippen LogP contribution in [-0.2, 0) is 9.47 Å². The summed E-state index contributed by atoms with van der Waals surface area (Å²) in [7, 11) is 0. The largest absolute Gasteiger partial charge is 0.394 e. The fourth-order valence-corrected chi connectivity index (χ4v) is 2.59. The Hall–Kier alpha value is -0.460. The van der Waals surface area contributed by atoms with E-state index in [1.54, 1.807) is 0 Å². The lowest BCUT2D eigenvalue weighted by Gasteiger charge is -2.24. The summed E-state index contributed by atoms with van der Waals surface area (Å²) < 4.78 is 10.8. The van der Waals surface area contributed by atoms with Gasteiger partial charge in [-0.05, 0) is 19.3 Å². The van der Waals surface area contributed by atoms with Gasteiger partial charge in [-0.2, -0.15) is 0 Å². The minimum atomic E-state index is -0.990. The van der Waals surface area contributed by atoms with Crippen LogP contribution in [0.15, 0.2) is 12.2 Å². The van der Waals surface area contributed by atoms with Crippen molar-refractivity contribution in [2.45, 2.75) is 76.3 Å². The molecule has 4 atom stereocenters. The highest BCUT2D eigenvalue weighted by Gasteiger charge is 2.40. The first kappa shape index (κ1) is 19.6. The molecule has 22 heavy (non-hydrogen) atoms. The third-order valence-electron chi connectivity index (χ3n) is 3.99. The fourth-order valence-electron chi connectivity index (χ4n) is 2.59. The van der Waals surface area contributed by atoms with E-state index in [0.29, 0.717) is 6.61 Å². The van der Waals surface area contributed by atoms with E-state index in [1.165, 1.54) is 32.1 Å². The second-order valence-corrected chi connectivity index (χ2v) is 5.91. The van der Waals surface area contributed by atoms with Gasteiger partial charge in [0.2, 0.25) is 0 Å². The molecule has 1 aliphatic rings. The monoisotopic (exact) mass is 316 g/mol. The number of hydrogen-bond acceptors (Lipinski definition) is 5. The van der Waals surface area contributed by atoms with E-state index in [9.17, 15) is 15.3 Å². The lowest BCUT2D eigenvalue weighted by molar-refractivity contribution is -0.0996. The summed E-state index contributed by atoms with van der Waals surface area (Å²) in [6, 6.07) is 0. The average Bonchev–Trinajstić information content (AvgIpc) is 2.85. The van der Waals surface area contributed by atoms with Crippen molar-refractivity contribution < 1.29 is 24.8 Å². The van der Waals surface area contributed by atoms with Crippen molar-refractivity contribution in [3.05, 3.63) is 12.2 Å². The molecule has 1 heterocycles. The number of allylic oxidation sites excluding steroid dienone is 1. The third-order valence-corrected chi connectivity index (χ3v) is 3.99. The first-order chi connectivity index (χ1) is 10.7. The minimum absolute atomic E-state index is 0.0869. The van der Waals surface area contributed by atoms with Crippen molar-refractivity contribution in [2.24, 2.45) is 0 Å². The second kappa shape index (κ2) is 12.0. The van der Waals surface area contributed by atoms with Gasteiger partial charge in [0.05, 0.1) is 19.8 Å². The Labute approximate surface area is 133 Å². The standard InChI is InChI=1S/C17H32O5/c1-2-3-4-5-6-7-8-9-10-11-21-15(12-18)17-16(20)14(19)13-22-17/h8-9,14-20H,2-7,10-13H2,1H3/b9-8+/t14-,15+,16-,17-/m1/s1. The average molecular weight is 316 g/mol. The molecule has 0 aromatic rings. The molecule has 1 aliphatic heterocycles. The van der Waals surface area contributed by atoms with Gasteiger partial charge < -0.3 is 24.8 Å². The van der Waals surface area contributed by atoms with Crippen LogP contribution in [0.25, 0.3) is 0 Å². The van der Waals surface area contributed by atoms with Gasteiger partial charge in [-0.25, -0.2) is 0 Å². The summed E-state index contributed by atoms with van der Waals surface area (Å²) in [6.45, 7) is 2.55. The van der Waals surface area contributed by atoms with E-state index in [4.69, 9.17) is 9.47 Å². The van der Waals surface area contributed by atoms with E-state index in [2.05, 4.69) is 19.1 Å². The van der Waals surface area contributed by atoms with Crippen LogP contribution in [0.1, 0.15) is 51.9 Å². The van der Waals surface area contributed by atoms with Crippen molar-refractivity contribution >= 4 is 0 Å². The summed E-state index contributed by atoms with van der Waals surface area (Å²) >= 11 is 0. The molecule has 0 aromatic carbocycles. The van der Waals surface area contributed by atoms with E-state index in [1.807, 2.05) is 0 Å². The zero-order valence-electron chi connectivity index (χ0n) is 13.7. The fraction of sp³-hybridized carbons (Fsp3) is 0.882. The number of aliphatic hydroxyl groups is 3. The maximum absolute atomic E-state index is 9.74. The van der Waals surface area contributed by atoms with Crippen molar-refractivity contribution in [2.75, 3.05) is 19.8 Å². The number of aliphatic hydroxyl groups excluding tert-OH is 3. The van der Waals surface area contributed by atoms with Crippen LogP contribution >= 0.6 is 0 Å². The summed E-state index contributed by atoms with van der Waals surface area (Å²) in [5.74, 6) is 0. The molecular formula is C17H32O5. The molecule has 0 aliphatic carbocycles. The smallest absolute Gasteiger partial charge is 0.114 e. The summed E-state index contributed by atoms with van der Waals surface area (Å²) in [4.78, 5) is 0. The molecule has 0 bridgehead atoms. The molecule has 0 radical (unpaired) electrons. The van der Waals surface area contributed by atoms with Crippen molar-refractivity contribution in [1.82, 2.24) is 0 Å². The molecule has 0 unspecified atom stereocenters. The highest BCUT2D eigenvalue weighted by Crippen LogP contribution is 2.19. The minimum Gasteiger partial charge on any atom is -0.394 e. The molecule has 5 heteroatoms. The molecule has 0 spiro atoms. The molecule has 1 fully saturated rings. The molecule has 5 nitrogen and oxygen atoms in total. The van der Waals surface area contributed by atoms with E-state index < -0.39 is 24.4 Å². The van der Waals surface area contributed by atoms with Gasteiger partial charge in [-0.1, -0.05) is 44.8 Å². The van der Waals surface area contributed by atoms with E-state index in [0.717, 1.165) is 12.8 Å². The molecule has 0 amide bonds.